The lowest BCUT2D eigenvalue weighted by Gasteiger charge is -2.12. The number of rotatable bonds is 3. The summed E-state index contributed by atoms with van der Waals surface area (Å²) < 4.78 is 5.79. The van der Waals surface area contributed by atoms with Crippen molar-refractivity contribution in [1.29, 1.82) is 5.26 Å². The molecule has 1 unspecified atom stereocenters. The van der Waals surface area contributed by atoms with E-state index in [9.17, 15) is 0 Å². The smallest absolute Gasteiger partial charge is 0.120 e. The first-order valence-corrected chi connectivity index (χ1v) is 5.22. The van der Waals surface area contributed by atoms with Gasteiger partial charge in [0.2, 0.25) is 0 Å². The molecule has 1 saturated heterocycles. The molecule has 0 spiro atoms. The second-order valence-electron chi connectivity index (χ2n) is 3.71. The number of hydrogen-bond acceptors (Lipinski definition) is 3. The monoisotopic (exact) mass is 202 g/mol. The van der Waals surface area contributed by atoms with Crippen LogP contribution in [0.5, 0.6) is 5.75 Å². The summed E-state index contributed by atoms with van der Waals surface area (Å²) in [7, 11) is 0. The van der Waals surface area contributed by atoms with Crippen LogP contribution < -0.4 is 10.1 Å². The zero-order valence-corrected chi connectivity index (χ0v) is 8.57. The first-order chi connectivity index (χ1) is 7.38. The third-order valence-electron chi connectivity index (χ3n) is 2.50. The van der Waals surface area contributed by atoms with E-state index in [0.29, 0.717) is 6.42 Å². The van der Waals surface area contributed by atoms with E-state index in [4.69, 9.17) is 10.00 Å². The molecule has 1 N–H and O–H groups in total. The van der Waals surface area contributed by atoms with E-state index >= 15 is 0 Å². The second-order valence-corrected chi connectivity index (χ2v) is 3.71. The standard InChI is InChI=1S/C12H14N2O/c13-6-4-10-2-1-3-11(8-10)15-12-5-7-14-9-12/h1-3,8,12,14H,4-5,7,9H2. The molecule has 3 nitrogen and oxygen atoms in total. The van der Waals surface area contributed by atoms with E-state index in [1.807, 2.05) is 24.3 Å². The lowest BCUT2D eigenvalue weighted by atomic mass is 10.1. The Morgan fingerprint density at radius 3 is 3.20 bits per heavy atom. The fourth-order valence-corrected chi connectivity index (χ4v) is 1.74. The Bertz CT molecular complexity index is 364. The first-order valence-electron chi connectivity index (χ1n) is 5.22. The van der Waals surface area contributed by atoms with Crippen molar-refractivity contribution in [3.63, 3.8) is 0 Å². The second kappa shape index (κ2) is 4.81. The molecule has 0 amide bonds. The largest absolute Gasteiger partial charge is 0.489 e. The van der Waals surface area contributed by atoms with Gasteiger partial charge in [0, 0.05) is 6.54 Å². The summed E-state index contributed by atoms with van der Waals surface area (Å²) in [6.07, 6.45) is 1.78. The van der Waals surface area contributed by atoms with Gasteiger partial charge in [-0.2, -0.15) is 5.26 Å². The topological polar surface area (TPSA) is 45.0 Å². The minimum Gasteiger partial charge on any atom is -0.489 e. The van der Waals surface area contributed by atoms with Gasteiger partial charge in [0.25, 0.3) is 0 Å². The van der Waals surface area contributed by atoms with Crippen LogP contribution in [0.1, 0.15) is 12.0 Å². The highest BCUT2D eigenvalue weighted by Crippen LogP contribution is 2.17. The molecule has 1 aromatic carbocycles. The van der Waals surface area contributed by atoms with Crippen molar-refractivity contribution in [2.75, 3.05) is 13.1 Å². The maximum absolute atomic E-state index is 8.59. The SMILES string of the molecule is N#CCc1cccc(OC2CCNC2)c1. The van der Waals surface area contributed by atoms with Gasteiger partial charge >= 0.3 is 0 Å². The quantitative estimate of drug-likeness (QED) is 0.807. The Morgan fingerprint density at radius 2 is 2.47 bits per heavy atom. The number of benzene rings is 1. The van der Waals surface area contributed by atoms with Crippen molar-refractivity contribution in [2.45, 2.75) is 18.9 Å². The van der Waals surface area contributed by atoms with Gasteiger partial charge in [-0.3, -0.25) is 0 Å². The average Bonchev–Trinajstić information content (AvgIpc) is 2.71. The van der Waals surface area contributed by atoms with E-state index < -0.39 is 0 Å². The Kier molecular flexibility index (Phi) is 3.21. The van der Waals surface area contributed by atoms with E-state index in [1.165, 1.54) is 0 Å². The van der Waals surface area contributed by atoms with Crippen LogP contribution in [-0.2, 0) is 6.42 Å². The maximum Gasteiger partial charge on any atom is 0.120 e. The van der Waals surface area contributed by atoms with Gasteiger partial charge in [-0.1, -0.05) is 12.1 Å². The van der Waals surface area contributed by atoms with Crippen molar-refractivity contribution in [2.24, 2.45) is 0 Å². The molecule has 1 aliphatic rings. The Balaban J connectivity index is 2.01. The Labute approximate surface area is 89.7 Å². The molecule has 1 aromatic rings. The first kappa shape index (κ1) is 10.0. The third kappa shape index (κ3) is 2.71. The lowest BCUT2D eigenvalue weighted by Crippen LogP contribution is -2.19. The molecule has 1 aliphatic heterocycles. The van der Waals surface area contributed by atoms with Crippen LogP contribution in [0.4, 0.5) is 0 Å². The predicted molar refractivity (Wildman–Crippen MR) is 57.7 cm³/mol. The molecule has 2 rings (SSSR count). The summed E-state index contributed by atoms with van der Waals surface area (Å²) in [5.74, 6) is 0.872. The molecule has 78 valence electrons. The molecule has 1 atom stereocenters. The molecule has 1 fully saturated rings. The summed E-state index contributed by atoms with van der Waals surface area (Å²) in [6, 6.07) is 9.91. The van der Waals surface area contributed by atoms with Crippen LogP contribution in [0.25, 0.3) is 0 Å². The highest BCUT2D eigenvalue weighted by atomic mass is 16.5. The molecular formula is C12H14N2O. The zero-order chi connectivity index (χ0) is 10.5. The van der Waals surface area contributed by atoms with Crippen molar-refractivity contribution in [1.82, 2.24) is 5.32 Å². The molecule has 0 saturated carbocycles. The maximum atomic E-state index is 8.59. The van der Waals surface area contributed by atoms with Crippen LogP contribution in [0.15, 0.2) is 24.3 Å². The summed E-state index contributed by atoms with van der Waals surface area (Å²) in [5.41, 5.74) is 1.01. The summed E-state index contributed by atoms with van der Waals surface area (Å²) in [5, 5.41) is 11.8. The molecule has 15 heavy (non-hydrogen) atoms. The van der Waals surface area contributed by atoms with Crippen molar-refractivity contribution in [3.05, 3.63) is 29.8 Å². The molecular weight excluding hydrogens is 188 g/mol. The summed E-state index contributed by atoms with van der Waals surface area (Å²) in [4.78, 5) is 0. The lowest BCUT2D eigenvalue weighted by molar-refractivity contribution is 0.223. The van der Waals surface area contributed by atoms with Crippen LogP contribution in [-0.4, -0.2) is 19.2 Å². The van der Waals surface area contributed by atoms with Crippen LogP contribution >= 0.6 is 0 Å². The van der Waals surface area contributed by atoms with Gasteiger partial charge in [-0.05, 0) is 30.7 Å². The van der Waals surface area contributed by atoms with Crippen LogP contribution in [0, 0.1) is 11.3 Å². The summed E-state index contributed by atoms with van der Waals surface area (Å²) in [6.45, 7) is 1.95. The van der Waals surface area contributed by atoms with Crippen molar-refractivity contribution < 1.29 is 4.74 Å². The Morgan fingerprint density at radius 1 is 1.53 bits per heavy atom. The molecule has 1 heterocycles. The predicted octanol–water partition coefficient (Wildman–Crippen LogP) is 1.49. The molecule has 0 aliphatic carbocycles. The number of nitriles is 1. The number of nitrogens with one attached hydrogen (secondary N) is 1. The van der Waals surface area contributed by atoms with Gasteiger partial charge in [-0.15, -0.1) is 0 Å². The van der Waals surface area contributed by atoms with Gasteiger partial charge in [0.05, 0.1) is 12.5 Å². The Hall–Kier alpha value is -1.53. The molecule has 3 heteroatoms. The van der Waals surface area contributed by atoms with E-state index in [0.717, 1.165) is 30.8 Å². The van der Waals surface area contributed by atoms with Gasteiger partial charge < -0.3 is 10.1 Å². The highest BCUT2D eigenvalue weighted by molar-refractivity contribution is 5.30. The van der Waals surface area contributed by atoms with E-state index in [-0.39, 0.29) is 6.10 Å². The van der Waals surface area contributed by atoms with Crippen LogP contribution in [0.3, 0.4) is 0 Å². The third-order valence-corrected chi connectivity index (χ3v) is 2.50. The average molecular weight is 202 g/mol. The van der Waals surface area contributed by atoms with Crippen molar-refractivity contribution >= 4 is 0 Å². The fraction of sp³-hybridized carbons (Fsp3) is 0.417. The normalized spacial score (nSPS) is 19.8. The van der Waals surface area contributed by atoms with Gasteiger partial charge in [0.15, 0.2) is 0 Å². The van der Waals surface area contributed by atoms with Crippen molar-refractivity contribution in [3.8, 4) is 11.8 Å². The highest BCUT2D eigenvalue weighted by Gasteiger charge is 2.15. The minimum absolute atomic E-state index is 0.280. The minimum atomic E-state index is 0.280. The molecule has 0 radical (unpaired) electrons. The molecule has 0 aromatic heterocycles. The summed E-state index contributed by atoms with van der Waals surface area (Å²) >= 11 is 0. The van der Waals surface area contributed by atoms with E-state index in [2.05, 4.69) is 11.4 Å². The number of ether oxygens (including phenoxy) is 1. The van der Waals surface area contributed by atoms with E-state index in [1.54, 1.807) is 0 Å². The molecule has 0 bridgehead atoms. The zero-order valence-electron chi connectivity index (χ0n) is 8.57. The van der Waals surface area contributed by atoms with Gasteiger partial charge in [0.1, 0.15) is 11.9 Å². The van der Waals surface area contributed by atoms with Gasteiger partial charge in [-0.25, -0.2) is 0 Å². The fourth-order valence-electron chi connectivity index (χ4n) is 1.74. The number of nitrogens with zero attached hydrogens (tertiary/aromatic N) is 1. The van der Waals surface area contributed by atoms with Crippen LogP contribution in [0.2, 0.25) is 0 Å². The number of hydrogen-bond donors (Lipinski definition) is 1.